The van der Waals surface area contributed by atoms with Crippen LogP contribution in [0.4, 0.5) is 0 Å². The first kappa shape index (κ1) is 14.2. The molecule has 0 saturated heterocycles. The zero-order valence-corrected chi connectivity index (χ0v) is 10.9. The molecule has 2 N–H and O–H groups in total. The first-order valence-electron chi connectivity index (χ1n) is 6.69. The van der Waals surface area contributed by atoms with Crippen molar-refractivity contribution in [2.75, 3.05) is 19.7 Å². The second-order valence-corrected chi connectivity index (χ2v) is 4.39. The largest absolute Gasteiger partial charge is 0.396 e. The SMILES string of the molecule is CCCNCCc1cn(CCCCCO)cn1. The Bertz CT molecular complexity index is 259. The van der Waals surface area contributed by atoms with Gasteiger partial charge in [0.15, 0.2) is 0 Å². The molecule has 0 atom stereocenters. The molecule has 0 fully saturated rings. The van der Waals surface area contributed by atoms with Crippen LogP contribution in [0, 0.1) is 0 Å². The van der Waals surface area contributed by atoms with E-state index in [4.69, 9.17) is 5.11 Å². The molecular formula is C13H25N3O. The fourth-order valence-corrected chi connectivity index (χ4v) is 1.76. The normalized spacial score (nSPS) is 10.9. The van der Waals surface area contributed by atoms with Gasteiger partial charge in [0.25, 0.3) is 0 Å². The first-order valence-corrected chi connectivity index (χ1v) is 6.69. The Hall–Kier alpha value is -0.870. The van der Waals surface area contributed by atoms with Crippen LogP contribution in [0.1, 0.15) is 38.3 Å². The number of nitrogens with one attached hydrogen (secondary N) is 1. The van der Waals surface area contributed by atoms with Crippen molar-refractivity contribution in [1.82, 2.24) is 14.9 Å². The predicted octanol–water partition coefficient (Wildman–Crippen LogP) is 1.59. The maximum Gasteiger partial charge on any atom is 0.0949 e. The second-order valence-electron chi connectivity index (χ2n) is 4.39. The molecule has 0 bridgehead atoms. The number of unbranched alkanes of at least 4 members (excludes halogenated alkanes) is 2. The fraction of sp³-hybridized carbons (Fsp3) is 0.769. The summed E-state index contributed by atoms with van der Waals surface area (Å²) in [5.74, 6) is 0. The molecule has 0 radical (unpaired) electrons. The van der Waals surface area contributed by atoms with E-state index in [1.165, 1.54) is 6.42 Å². The molecule has 0 amide bonds. The van der Waals surface area contributed by atoms with Gasteiger partial charge in [-0.25, -0.2) is 4.98 Å². The molecule has 4 nitrogen and oxygen atoms in total. The van der Waals surface area contributed by atoms with Crippen molar-refractivity contribution < 1.29 is 5.11 Å². The molecule has 1 heterocycles. The molecule has 1 rings (SSSR count). The van der Waals surface area contributed by atoms with Crippen molar-refractivity contribution in [3.05, 3.63) is 18.2 Å². The summed E-state index contributed by atoms with van der Waals surface area (Å²) >= 11 is 0. The van der Waals surface area contributed by atoms with Gasteiger partial charge < -0.3 is 15.0 Å². The number of aliphatic hydroxyl groups is 1. The van der Waals surface area contributed by atoms with Crippen molar-refractivity contribution in [3.8, 4) is 0 Å². The van der Waals surface area contributed by atoms with E-state index in [2.05, 4.69) is 28.0 Å². The summed E-state index contributed by atoms with van der Waals surface area (Å²) in [6.45, 7) is 5.58. The lowest BCUT2D eigenvalue weighted by molar-refractivity contribution is 0.282. The van der Waals surface area contributed by atoms with Crippen LogP contribution in [0.15, 0.2) is 12.5 Å². The summed E-state index contributed by atoms with van der Waals surface area (Å²) in [6, 6.07) is 0. The highest BCUT2D eigenvalue weighted by molar-refractivity contribution is 4.97. The number of nitrogens with zero attached hydrogens (tertiary/aromatic N) is 2. The summed E-state index contributed by atoms with van der Waals surface area (Å²) in [6.07, 6.45) is 9.33. The van der Waals surface area contributed by atoms with E-state index in [1.807, 2.05) is 6.33 Å². The monoisotopic (exact) mass is 239 g/mol. The number of imidazole rings is 1. The molecule has 0 saturated carbocycles. The zero-order chi connectivity index (χ0) is 12.3. The van der Waals surface area contributed by atoms with Gasteiger partial charge in [0, 0.05) is 32.3 Å². The molecule has 0 aromatic carbocycles. The van der Waals surface area contributed by atoms with Crippen LogP contribution in [0.25, 0.3) is 0 Å². The van der Waals surface area contributed by atoms with Crippen LogP contribution in [0.3, 0.4) is 0 Å². The second kappa shape index (κ2) is 9.19. The van der Waals surface area contributed by atoms with Gasteiger partial charge >= 0.3 is 0 Å². The molecule has 17 heavy (non-hydrogen) atoms. The minimum atomic E-state index is 0.304. The maximum atomic E-state index is 8.68. The van der Waals surface area contributed by atoms with Crippen LogP contribution in [0.2, 0.25) is 0 Å². The summed E-state index contributed by atoms with van der Waals surface area (Å²) < 4.78 is 2.15. The van der Waals surface area contributed by atoms with E-state index in [1.54, 1.807) is 0 Å². The number of aryl methyl sites for hydroxylation is 1. The van der Waals surface area contributed by atoms with Gasteiger partial charge in [-0.1, -0.05) is 6.92 Å². The van der Waals surface area contributed by atoms with Crippen molar-refractivity contribution >= 4 is 0 Å². The Balaban J connectivity index is 2.14. The Morgan fingerprint density at radius 1 is 1.29 bits per heavy atom. The Morgan fingerprint density at radius 2 is 2.18 bits per heavy atom. The van der Waals surface area contributed by atoms with E-state index in [0.717, 1.165) is 51.0 Å². The lowest BCUT2D eigenvalue weighted by atomic mass is 10.2. The van der Waals surface area contributed by atoms with Gasteiger partial charge in [0.1, 0.15) is 0 Å². The van der Waals surface area contributed by atoms with Gasteiger partial charge in [-0.05, 0) is 32.2 Å². The van der Waals surface area contributed by atoms with Crippen LogP contribution in [-0.2, 0) is 13.0 Å². The quantitative estimate of drug-likeness (QED) is 0.610. The number of aromatic nitrogens is 2. The van der Waals surface area contributed by atoms with E-state index >= 15 is 0 Å². The summed E-state index contributed by atoms with van der Waals surface area (Å²) in [4.78, 5) is 4.39. The van der Waals surface area contributed by atoms with E-state index in [-0.39, 0.29) is 0 Å². The third-order valence-corrected chi connectivity index (χ3v) is 2.75. The lowest BCUT2D eigenvalue weighted by Crippen LogP contribution is -2.17. The highest BCUT2D eigenvalue weighted by Gasteiger charge is 1.98. The Labute approximate surface area is 104 Å². The average molecular weight is 239 g/mol. The number of hydrogen-bond donors (Lipinski definition) is 2. The van der Waals surface area contributed by atoms with E-state index in [9.17, 15) is 0 Å². The third kappa shape index (κ3) is 6.44. The molecule has 1 aromatic rings. The lowest BCUT2D eigenvalue weighted by Gasteiger charge is -2.01. The van der Waals surface area contributed by atoms with E-state index in [0.29, 0.717) is 6.61 Å². The first-order chi connectivity index (χ1) is 8.36. The smallest absolute Gasteiger partial charge is 0.0949 e. The molecule has 0 unspecified atom stereocenters. The van der Waals surface area contributed by atoms with Crippen molar-refractivity contribution in [2.24, 2.45) is 0 Å². The van der Waals surface area contributed by atoms with Crippen LogP contribution >= 0.6 is 0 Å². The van der Waals surface area contributed by atoms with Gasteiger partial charge in [-0.15, -0.1) is 0 Å². The summed E-state index contributed by atoms with van der Waals surface area (Å²) in [7, 11) is 0. The number of hydrogen-bond acceptors (Lipinski definition) is 3. The number of aliphatic hydroxyl groups excluding tert-OH is 1. The van der Waals surface area contributed by atoms with E-state index < -0.39 is 0 Å². The Kier molecular flexibility index (Phi) is 7.67. The summed E-state index contributed by atoms with van der Waals surface area (Å²) in [5.41, 5.74) is 1.16. The maximum absolute atomic E-state index is 8.68. The highest BCUT2D eigenvalue weighted by atomic mass is 16.2. The fourth-order valence-electron chi connectivity index (χ4n) is 1.76. The Morgan fingerprint density at radius 3 is 2.94 bits per heavy atom. The standard InChI is InChI=1S/C13H25N3O/c1-2-7-14-8-6-13-11-16(12-15-13)9-4-3-5-10-17/h11-12,14,17H,2-10H2,1H3. The molecule has 4 heteroatoms. The van der Waals surface area contributed by atoms with Crippen LogP contribution < -0.4 is 5.32 Å². The minimum Gasteiger partial charge on any atom is -0.396 e. The van der Waals surface area contributed by atoms with Crippen LogP contribution in [-0.4, -0.2) is 34.4 Å². The molecule has 0 aliphatic carbocycles. The molecule has 0 aliphatic heterocycles. The van der Waals surface area contributed by atoms with Gasteiger partial charge in [0.05, 0.1) is 12.0 Å². The van der Waals surface area contributed by atoms with Gasteiger partial charge in [0.2, 0.25) is 0 Å². The van der Waals surface area contributed by atoms with Crippen molar-refractivity contribution in [3.63, 3.8) is 0 Å². The molecule has 0 spiro atoms. The topological polar surface area (TPSA) is 50.1 Å². The zero-order valence-electron chi connectivity index (χ0n) is 10.9. The minimum absolute atomic E-state index is 0.304. The molecule has 98 valence electrons. The summed E-state index contributed by atoms with van der Waals surface area (Å²) in [5, 5.41) is 12.1. The molecule has 1 aromatic heterocycles. The van der Waals surface area contributed by atoms with Gasteiger partial charge in [-0.3, -0.25) is 0 Å². The van der Waals surface area contributed by atoms with Gasteiger partial charge in [-0.2, -0.15) is 0 Å². The molecule has 0 aliphatic rings. The highest BCUT2D eigenvalue weighted by Crippen LogP contribution is 2.01. The number of rotatable bonds is 10. The van der Waals surface area contributed by atoms with Crippen LogP contribution in [0.5, 0.6) is 0 Å². The van der Waals surface area contributed by atoms with Crippen molar-refractivity contribution in [2.45, 2.75) is 45.6 Å². The third-order valence-electron chi connectivity index (χ3n) is 2.75. The predicted molar refractivity (Wildman–Crippen MR) is 70.0 cm³/mol. The average Bonchev–Trinajstić information content (AvgIpc) is 2.78. The van der Waals surface area contributed by atoms with Crippen molar-refractivity contribution in [1.29, 1.82) is 0 Å². The molecular weight excluding hydrogens is 214 g/mol.